The normalized spacial score (nSPS) is 12.4. The van der Waals surface area contributed by atoms with Gasteiger partial charge >= 0.3 is 0 Å². The lowest BCUT2D eigenvalue weighted by Gasteiger charge is -2.14. The first-order valence-corrected chi connectivity index (χ1v) is 4.89. The standard InChI is InChI=1S/C11H16BNO/c1-9(7-8-13-2)14-11-5-3-10(12)4-6-11/h3-6,9,13H,7-8H2,1-2H3. The maximum absolute atomic E-state index is 5.68. The Morgan fingerprint density at radius 1 is 1.36 bits per heavy atom. The van der Waals surface area contributed by atoms with Crippen LogP contribution in [0.2, 0.25) is 0 Å². The van der Waals surface area contributed by atoms with Gasteiger partial charge in [0, 0.05) is 0 Å². The topological polar surface area (TPSA) is 21.3 Å². The van der Waals surface area contributed by atoms with Gasteiger partial charge in [0.1, 0.15) is 13.6 Å². The summed E-state index contributed by atoms with van der Waals surface area (Å²) >= 11 is 0. The molecule has 1 aromatic rings. The van der Waals surface area contributed by atoms with Gasteiger partial charge in [-0.15, -0.1) is 0 Å². The number of ether oxygens (including phenoxy) is 1. The maximum atomic E-state index is 5.68. The van der Waals surface area contributed by atoms with Gasteiger partial charge in [0.15, 0.2) is 0 Å². The van der Waals surface area contributed by atoms with E-state index in [1.54, 1.807) is 0 Å². The molecule has 0 aliphatic carbocycles. The highest BCUT2D eigenvalue weighted by atomic mass is 16.5. The van der Waals surface area contributed by atoms with Gasteiger partial charge in [0.05, 0.1) is 6.10 Å². The summed E-state index contributed by atoms with van der Waals surface area (Å²) < 4.78 is 5.68. The van der Waals surface area contributed by atoms with Crippen LogP contribution in [0, 0.1) is 0 Å². The van der Waals surface area contributed by atoms with Crippen molar-refractivity contribution < 1.29 is 4.74 Å². The first-order chi connectivity index (χ1) is 6.72. The molecule has 1 N–H and O–H groups in total. The molecule has 0 amide bonds. The minimum atomic E-state index is 0.228. The molecule has 14 heavy (non-hydrogen) atoms. The monoisotopic (exact) mass is 189 g/mol. The third-order valence-corrected chi connectivity index (χ3v) is 2.02. The minimum absolute atomic E-state index is 0.228. The fourth-order valence-corrected chi connectivity index (χ4v) is 1.19. The molecule has 0 aromatic heterocycles. The fraction of sp³-hybridized carbons (Fsp3) is 0.455. The molecule has 0 saturated heterocycles. The van der Waals surface area contributed by atoms with E-state index in [4.69, 9.17) is 12.6 Å². The van der Waals surface area contributed by atoms with Crippen LogP contribution in [-0.4, -0.2) is 27.5 Å². The van der Waals surface area contributed by atoms with Crippen LogP contribution in [0.3, 0.4) is 0 Å². The zero-order valence-electron chi connectivity index (χ0n) is 8.79. The molecule has 2 nitrogen and oxygen atoms in total. The Kier molecular flexibility index (Phi) is 4.53. The van der Waals surface area contributed by atoms with Crippen LogP contribution in [0.5, 0.6) is 5.75 Å². The third kappa shape index (κ3) is 3.84. The summed E-state index contributed by atoms with van der Waals surface area (Å²) in [5, 5.41) is 3.09. The second-order valence-electron chi connectivity index (χ2n) is 3.39. The van der Waals surface area contributed by atoms with E-state index >= 15 is 0 Å². The second-order valence-corrected chi connectivity index (χ2v) is 3.39. The van der Waals surface area contributed by atoms with E-state index in [1.165, 1.54) is 0 Å². The largest absolute Gasteiger partial charge is 0.491 e. The average Bonchev–Trinajstić information content (AvgIpc) is 2.18. The van der Waals surface area contributed by atoms with Crippen LogP contribution in [0.25, 0.3) is 0 Å². The van der Waals surface area contributed by atoms with Crippen LogP contribution < -0.4 is 15.5 Å². The van der Waals surface area contributed by atoms with Crippen molar-refractivity contribution in [2.45, 2.75) is 19.4 Å². The summed E-state index contributed by atoms with van der Waals surface area (Å²) in [6.07, 6.45) is 1.23. The summed E-state index contributed by atoms with van der Waals surface area (Å²) in [6, 6.07) is 7.48. The SMILES string of the molecule is [B]c1ccc(OC(C)CCNC)cc1. The van der Waals surface area contributed by atoms with Crippen molar-refractivity contribution >= 4 is 13.3 Å². The molecular formula is C11H16BNO. The fourth-order valence-electron chi connectivity index (χ4n) is 1.19. The minimum Gasteiger partial charge on any atom is -0.491 e. The Balaban J connectivity index is 2.39. The van der Waals surface area contributed by atoms with Gasteiger partial charge in [-0.05, 0) is 39.1 Å². The van der Waals surface area contributed by atoms with Crippen LogP contribution >= 0.6 is 0 Å². The summed E-state index contributed by atoms with van der Waals surface area (Å²) in [7, 11) is 7.51. The summed E-state index contributed by atoms with van der Waals surface area (Å²) in [5.41, 5.74) is 0.764. The Labute approximate surface area is 87.1 Å². The Morgan fingerprint density at radius 2 is 2.00 bits per heavy atom. The van der Waals surface area contributed by atoms with Crippen LogP contribution in [0.4, 0.5) is 0 Å². The van der Waals surface area contributed by atoms with Crippen molar-refractivity contribution in [2.24, 2.45) is 0 Å². The number of hydrogen-bond donors (Lipinski definition) is 1. The number of rotatable bonds is 5. The van der Waals surface area contributed by atoms with Gasteiger partial charge in [-0.2, -0.15) is 0 Å². The van der Waals surface area contributed by atoms with Crippen molar-refractivity contribution in [1.82, 2.24) is 5.32 Å². The molecule has 1 aromatic carbocycles. The molecule has 1 rings (SSSR count). The first-order valence-electron chi connectivity index (χ1n) is 4.89. The van der Waals surface area contributed by atoms with Crippen molar-refractivity contribution in [3.8, 4) is 5.75 Å². The van der Waals surface area contributed by atoms with E-state index in [9.17, 15) is 0 Å². The van der Waals surface area contributed by atoms with Gasteiger partial charge in [0.25, 0.3) is 0 Å². The van der Waals surface area contributed by atoms with Gasteiger partial charge in [0.2, 0.25) is 0 Å². The number of nitrogens with one attached hydrogen (secondary N) is 1. The van der Waals surface area contributed by atoms with E-state index < -0.39 is 0 Å². The molecule has 0 spiro atoms. The van der Waals surface area contributed by atoms with Gasteiger partial charge in [-0.25, -0.2) is 0 Å². The lowest BCUT2D eigenvalue weighted by molar-refractivity contribution is 0.211. The molecule has 74 valence electrons. The van der Waals surface area contributed by atoms with Crippen molar-refractivity contribution in [3.05, 3.63) is 24.3 Å². The van der Waals surface area contributed by atoms with E-state index in [0.29, 0.717) is 0 Å². The first kappa shape index (κ1) is 11.1. The molecule has 0 fully saturated rings. The molecule has 1 atom stereocenters. The molecule has 0 aliphatic heterocycles. The lowest BCUT2D eigenvalue weighted by Crippen LogP contribution is -2.19. The molecule has 0 saturated carbocycles. The highest BCUT2D eigenvalue weighted by Crippen LogP contribution is 2.10. The molecule has 0 bridgehead atoms. The Bertz CT molecular complexity index is 260. The summed E-state index contributed by atoms with van der Waals surface area (Å²) in [6.45, 7) is 3.03. The van der Waals surface area contributed by atoms with Gasteiger partial charge in [-0.1, -0.05) is 17.6 Å². The zero-order valence-corrected chi connectivity index (χ0v) is 8.79. The van der Waals surface area contributed by atoms with Crippen LogP contribution in [0.1, 0.15) is 13.3 Å². The van der Waals surface area contributed by atoms with E-state index in [-0.39, 0.29) is 6.10 Å². The molecule has 1 unspecified atom stereocenters. The lowest BCUT2D eigenvalue weighted by atomic mass is 9.97. The van der Waals surface area contributed by atoms with Gasteiger partial charge < -0.3 is 10.1 Å². The van der Waals surface area contributed by atoms with E-state index in [2.05, 4.69) is 12.2 Å². The average molecular weight is 189 g/mol. The Hall–Kier alpha value is -0.955. The highest BCUT2D eigenvalue weighted by molar-refractivity contribution is 6.32. The van der Waals surface area contributed by atoms with E-state index in [0.717, 1.165) is 24.2 Å². The predicted octanol–water partition coefficient (Wildman–Crippen LogP) is 0.857. The predicted molar refractivity (Wildman–Crippen MR) is 60.5 cm³/mol. The molecule has 2 radical (unpaired) electrons. The highest BCUT2D eigenvalue weighted by Gasteiger charge is 2.02. The van der Waals surface area contributed by atoms with E-state index in [1.807, 2.05) is 31.3 Å². The quantitative estimate of drug-likeness (QED) is 0.693. The number of benzene rings is 1. The summed E-state index contributed by atoms with van der Waals surface area (Å²) in [5.74, 6) is 0.878. The number of hydrogen-bond acceptors (Lipinski definition) is 2. The summed E-state index contributed by atoms with van der Waals surface area (Å²) in [4.78, 5) is 0. The second kappa shape index (κ2) is 5.71. The Morgan fingerprint density at radius 3 is 2.57 bits per heavy atom. The third-order valence-electron chi connectivity index (χ3n) is 2.02. The molecular weight excluding hydrogens is 173 g/mol. The van der Waals surface area contributed by atoms with Gasteiger partial charge in [-0.3, -0.25) is 0 Å². The molecule has 3 heteroatoms. The molecule has 0 aliphatic rings. The van der Waals surface area contributed by atoms with Crippen LogP contribution in [0.15, 0.2) is 24.3 Å². The smallest absolute Gasteiger partial charge is 0.119 e. The van der Waals surface area contributed by atoms with Crippen LogP contribution in [-0.2, 0) is 0 Å². The molecule has 0 heterocycles. The van der Waals surface area contributed by atoms with Crippen molar-refractivity contribution in [3.63, 3.8) is 0 Å². The maximum Gasteiger partial charge on any atom is 0.119 e. The van der Waals surface area contributed by atoms with Crippen molar-refractivity contribution in [1.29, 1.82) is 0 Å². The zero-order chi connectivity index (χ0) is 10.4. The van der Waals surface area contributed by atoms with Crippen molar-refractivity contribution in [2.75, 3.05) is 13.6 Å².